The van der Waals surface area contributed by atoms with Crippen LogP contribution in [0.2, 0.25) is 0 Å². The fourth-order valence-corrected chi connectivity index (χ4v) is 0.920. The van der Waals surface area contributed by atoms with Crippen LogP contribution in [-0.4, -0.2) is 10.2 Å². The molecule has 0 unspecified atom stereocenters. The molecule has 1 heterocycles. The largest absolute Gasteiger partial charge is 0.326 e. The maximum absolute atomic E-state index is 11.0. The molecular formula is C7H12ClN3O. The highest BCUT2D eigenvalue weighted by molar-refractivity contribution is 5.85. The van der Waals surface area contributed by atoms with Crippen LogP contribution in [0.5, 0.6) is 0 Å². The van der Waals surface area contributed by atoms with E-state index in [4.69, 9.17) is 5.73 Å². The van der Waals surface area contributed by atoms with Crippen LogP contribution in [-0.2, 0) is 6.54 Å². The molecule has 1 rings (SSSR count). The predicted octanol–water partition coefficient (Wildman–Crippen LogP) is 0.267. The number of hydrogen-bond acceptors (Lipinski definition) is 3. The van der Waals surface area contributed by atoms with Crippen molar-refractivity contribution in [3.63, 3.8) is 0 Å². The van der Waals surface area contributed by atoms with Crippen LogP contribution >= 0.6 is 12.4 Å². The summed E-state index contributed by atoms with van der Waals surface area (Å²) in [5.74, 6) is 0. The normalized spacial score (nSPS) is 9.25. The van der Waals surface area contributed by atoms with Gasteiger partial charge in [0.15, 0.2) is 0 Å². The van der Waals surface area contributed by atoms with E-state index in [0.717, 1.165) is 11.3 Å². The SMILES string of the molecule is Cc1n[nH]c(=O)c(CN)c1C.Cl. The van der Waals surface area contributed by atoms with Crippen molar-refractivity contribution >= 4 is 12.4 Å². The van der Waals surface area contributed by atoms with Gasteiger partial charge in [0.2, 0.25) is 0 Å². The Labute approximate surface area is 76.6 Å². The van der Waals surface area contributed by atoms with E-state index in [0.29, 0.717) is 5.56 Å². The van der Waals surface area contributed by atoms with Crippen molar-refractivity contribution in [2.75, 3.05) is 0 Å². The lowest BCUT2D eigenvalue weighted by Crippen LogP contribution is -2.20. The van der Waals surface area contributed by atoms with E-state index >= 15 is 0 Å². The van der Waals surface area contributed by atoms with Gasteiger partial charge in [0.05, 0.1) is 5.69 Å². The summed E-state index contributed by atoms with van der Waals surface area (Å²) < 4.78 is 0. The van der Waals surface area contributed by atoms with Crippen LogP contribution in [0, 0.1) is 13.8 Å². The highest BCUT2D eigenvalue weighted by Gasteiger charge is 2.03. The fraction of sp³-hybridized carbons (Fsp3) is 0.429. The van der Waals surface area contributed by atoms with E-state index in [2.05, 4.69) is 10.2 Å². The van der Waals surface area contributed by atoms with Gasteiger partial charge in [0.1, 0.15) is 0 Å². The minimum Gasteiger partial charge on any atom is -0.326 e. The van der Waals surface area contributed by atoms with Crippen LogP contribution in [0.4, 0.5) is 0 Å². The van der Waals surface area contributed by atoms with E-state index in [1.54, 1.807) is 0 Å². The van der Waals surface area contributed by atoms with Crippen LogP contribution in [0.25, 0.3) is 0 Å². The van der Waals surface area contributed by atoms with Gasteiger partial charge in [-0.1, -0.05) is 0 Å². The summed E-state index contributed by atoms with van der Waals surface area (Å²) in [5, 5.41) is 6.17. The summed E-state index contributed by atoms with van der Waals surface area (Å²) in [7, 11) is 0. The fourth-order valence-electron chi connectivity index (χ4n) is 0.920. The number of halogens is 1. The van der Waals surface area contributed by atoms with Crippen LogP contribution < -0.4 is 11.3 Å². The zero-order chi connectivity index (χ0) is 8.43. The first-order valence-electron chi connectivity index (χ1n) is 3.41. The summed E-state index contributed by atoms with van der Waals surface area (Å²) in [4.78, 5) is 11.0. The smallest absolute Gasteiger partial charge is 0.268 e. The van der Waals surface area contributed by atoms with E-state index in [1.807, 2.05) is 13.8 Å². The first kappa shape index (κ1) is 11.1. The Balaban J connectivity index is 0.00000121. The molecule has 0 saturated carbocycles. The molecule has 0 bridgehead atoms. The summed E-state index contributed by atoms with van der Waals surface area (Å²) in [6, 6.07) is 0. The number of aromatic amines is 1. The molecule has 0 fully saturated rings. The van der Waals surface area contributed by atoms with Crippen molar-refractivity contribution in [1.29, 1.82) is 0 Å². The molecule has 0 spiro atoms. The van der Waals surface area contributed by atoms with Crippen molar-refractivity contribution in [3.8, 4) is 0 Å². The van der Waals surface area contributed by atoms with E-state index in [1.165, 1.54) is 0 Å². The quantitative estimate of drug-likeness (QED) is 0.666. The van der Waals surface area contributed by atoms with Gasteiger partial charge in [0, 0.05) is 12.1 Å². The molecule has 0 atom stereocenters. The van der Waals surface area contributed by atoms with Gasteiger partial charge >= 0.3 is 0 Å². The number of nitrogens with two attached hydrogens (primary N) is 1. The molecule has 0 radical (unpaired) electrons. The number of hydrogen-bond donors (Lipinski definition) is 2. The molecule has 5 heteroatoms. The molecule has 0 aliphatic carbocycles. The lowest BCUT2D eigenvalue weighted by molar-refractivity contribution is 0.874. The van der Waals surface area contributed by atoms with Crippen molar-refractivity contribution in [1.82, 2.24) is 10.2 Å². The highest BCUT2D eigenvalue weighted by Crippen LogP contribution is 2.02. The van der Waals surface area contributed by atoms with Gasteiger partial charge in [-0.2, -0.15) is 5.10 Å². The Bertz CT molecular complexity index is 321. The van der Waals surface area contributed by atoms with Gasteiger partial charge in [-0.25, -0.2) is 5.10 Å². The van der Waals surface area contributed by atoms with Crippen molar-refractivity contribution < 1.29 is 0 Å². The lowest BCUT2D eigenvalue weighted by atomic mass is 10.1. The Hall–Kier alpha value is -0.870. The molecule has 68 valence electrons. The minimum absolute atomic E-state index is 0. The zero-order valence-electron chi connectivity index (χ0n) is 7.05. The van der Waals surface area contributed by atoms with E-state index < -0.39 is 0 Å². The van der Waals surface area contributed by atoms with Gasteiger partial charge in [-0.15, -0.1) is 12.4 Å². The molecular weight excluding hydrogens is 178 g/mol. The Morgan fingerprint density at radius 2 is 2.08 bits per heavy atom. The first-order chi connectivity index (χ1) is 5.16. The topological polar surface area (TPSA) is 71.8 Å². The molecule has 1 aromatic rings. The van der Waals surface area contributed by atoms with Crippen LogP contribution in [0.3, 0.4) is 0 Å². The number of rotatable bonds is 1. The second-order valence-electron chi connectivity index (χ2n) is 2.45. The average Bonchev–Trinajstić information content (AvgIpc) is 1.99. The number of nitrogens with zero attached hydrogens (tertiary/aromatic N) is 1. The molecule has 0 amide bonds. The Kier molecular flexibility index (Phi) is 3.92. The number of H-pyrrole nitrogens is 1. The maximum Gasteiger partial charge on any atom is 0.268 e. The number of nitrogens with one attached hydrogen (secondary N) is 1. The molecule has 0 aromatic carbocycles. The van der Waals surface area contributed by atoms with Crippen LogP contribution in [0.1, 0.15) is 16.8 Å². The molecule has 3 N–H and O–H groups in total. The third-order valence-electron chi connectivity index (χ3n) is 1.80. The van der Waals surface area contributed by atoms with Gasteiger partial charge in [-0.3, -0.25) is 4.79 Å². The summed E-state index contributed by atoms with van der Waals surface area (Å²) in [6.45, 7) is 3.95. The van der Waals surface area contributed by atoms with Gasteiger partial charge in [0.25, 0.3) is 5.56 Å². The molecule has 12 heavy (non-hydrogen) atoms. The number of aryl methyl sites for hydroxylation is 1. The summed E-state index contributed by atoms with van der Waals surface area (Å²) in [6.07, 6.45) is 0. The maximum atomic E-state index is 11.0. The number of aromatic nitrogens is 2. The molecule has 1 aromatic heterocycles. The van der Waals surface area contributed by atoms with Crippen LogP contribution in [0.15, 0.2) is 4.79 Å². The molecule has 0 aliphatic rings. The molecule has 0 saturated heterocycles. The first-order valence-corrected chi connectivity index (χ1v) is 3.41. The minimum atomic E-state index is -0.185. The van der Waals surface area contributed by atoms with Crippen molar-refractivity contribution in [2.45, 2.75) is 20.4 Å². The molecule has 0 aliphatic heterocycles. The van der Waals surface area contributed by atoms with Crippen molar-refractivity contribution in [3.05, 3.63) is 27.2 Å². The molecule has 4 nitrogen and oxygen atoms in total. The second kappa shape index (κ2) is 4.23. The summed E-state index contributed by atoms with van der Waals surface area (Å²) in [5.41, 5.74) is 7.52. The third-order valence-corrected chi connectivity index (χ3v) is 1.80. The van der Waals surface area contributed by atoms with Crippen molar-refractivity contribution in [2.24, 2.45) is 5.73 Å². The lowest BCUT2D eigenvalue weighted by Gasteiger charge is -2.02. The monoisotopic (exact) mass is 189 g/mol. The highest BCUT2D eigenvalue weighted by atomic mass is 35.5. The second-order valence-corrected chi connectivity index (χ2v) is 2.45. The predicted molar refractivity (Wildman–Crippen MR) is 49.5 cm³/mol. The standard InChI is InChI=1S/C7H11N3O.ClH/c1-4-5(2)9-10-7(11)6(4)3-8;/h3,8H2,1-2H3,(H,10,11);1H. The third kappa shape index (κ3) is 1.84. The zero-order valence-corrected chi connectivity index (χ0v) is 7.86. The van der Waals surface area contributed by atoms with Gasteiger partial charge < -0.3 is 5.73 Å². The van der Waals surface area contributed by atoms with Gasteiger partial charge in [-0.05, 0) is 19.4 Å². The average molecular weight is 190 g/mol. The Morgan fingerprint density at radius 1 is 1.50 bits per heavy atom. The van der Waals surface area contributed by atoms with E-state index in [9.17, 15) is 4.79 Å². The Morgan fingerprint density at radius 3 is 2.50 bits per heavy atom. The summed E-state index contributed by atoms with van der Waals surface area (Å²) >= 11 is 0. The van der Waals surface area contributed by atoms with E-state index in [-0.39, 0.29) is 24.5 Å².